The minimum Gasteiger partial charge on any atom is -0.347 e. The van der Waals surface area contributed by atoms with Crippen LogP contribution in [-0.2, 0) is 22.9 Å². The van der Waals surface area contributed by atoms with Gasteiger partial charge in [-0.3, -0.25) is 14.8 Å². The molecular formula is C21H19N7O3S. The van der Waals surface area contributed by atoms with Crippen LogP contribution in [0.2, 0.25) is 0 Å². The Morgan fingerprint density at radius 2 is 1.88 bits per heavy atom. The summed E-state index contributed by atoms with van der Waals surface area (Å²) in [5, 5.41) is 15.2. The molecule has 0 aliphatic heterocycles. The molecule has 0 aliphatic rings. The van der Waals surface area contributed by atoms with Gasteiger partial charge in [-0.25, -0.2) is 8.42 Å². The number of nitrogens with zero attached hydrogens (tertiary/aromatic N) is 6. The lowest BCUT2D eigenvalue weighted by molar-refractivity contribution is 0.0946. The van der Waals surface area contributed by atoms with Crippen molar-refractivity contribution in [1.29, 1.82) is 0 Å². The maximum atomic E-state index is 12.4. The Bertz CT molecular complexity index is 1340. The summed E-state index contributed by atoms with van der Waals surface area (Å²) < 4.78 is 23.2. The van der Waals surface area contributed by atoms with Crippen LogP contribution in [-0.4, -0.2) is 50.8 Å². The van der Waals surface area contributed by atoms with E-state index in [4.69, 9.17) is 0 Å². The van der Waals surface area contributed by atoms with Gasteiger partial charge in [-0.2, -0.15) is 4.80 Å². The van der Waals surface area contributed by atoms with Gasteiger partial charge in [-0.15, -0.1) is 10.2 Å². The number of sulfone groups is 1. The second kappa shape index (κ2) is 9.02. The Labute approximate surface area is 184 Å². The molecule has 162 valence electrons. The molecule has 0 saturated heterocycles. The summed E-state index contributed by atoms with van der Waals surface area (Å²) in [6, 6.07) is 13.5. The van der Waals surface area contributed by atoms with Gasteiger partial charge in [0.1, 0.15) is 5.69 Å². The van der Waals surface area contributed by atoms with Gasteiger partial charge in [0.2, 0.25) is 5.82 Å². The van der Waals surface area contributed by atoms with E-state index < -0.39 is 9.84 Å². The van der Waals surface area contributed by atoms with Gasteiger partial charge in [-0.1, -0.05) is 18.2 Å². The third-order valence-electron chi connectivity index (χ3n) is 4.55. The Kier molecular flexibility index (Phi) is 5.99. The highest BCUT2D eigenvalue weighted by Gasteiger charge is 2.12. The van der Waals surface area contributed by atoms with Crippen molar-refractivity contribution in [3.05, 3.63) is 83.9 Å². The van der Waals surface area contributed by atoms with E-state index in [1.807, 2.05) is 6.07 Å². The standard InChI is InChI=1S/C21H19N7O3S/c1-32(30,31)18-6-4-15(5-7-18)14-28-26-20(25-27-28)17-8-10-23-19(11-17)21(29)24-13-16-3-2-9-22-12-16/h2-12H,13-14H2,1H3,(H,24,29). The van der Waals surface area contributed by atoms with Crippen LogP contribution in [0.3, 0.4) is 0 Å². The number of pyridine rings is 2. The first-order chi connectivity index (χ1) is 15.4. The van der Waals surface area contributed by atoms with Gasteiger partial charge in [-0.05, 0) is 46.7 Å². The molecule has 1 amide bonds. The number of amides is 1. The predicted octanol–water partition coefficient (Wildman–Crippen LogP) is 1.51. The van der Waals surface area contributed by atoms with E-state index in [2.05, 4.69) is 30.7 Å². The molecule has 1 N–H and O–H groups in total. The zero-order valence-electron chi connectivity index (χ0n) is 17.1. The first-order valence-corrected chi connectivity index (χ1v) is 11.5. The van der Waals surface area contributed by atoms with Gasteiger partial charge in [0.15, 0.2) is 9.84 Å². The molecular weight excluding hydrogens is 430 g/mol. The van der Waals surface area contributed by atoms with Crippen molar-refractivity contribution in [2.75, 3.05) is 6.26 Å². The third-order valence-corrected chi connectivity index (χ3v) is 5.68. The molecule has 11 heteroatoms. The van der Waals surface area contributed by atoms with Crippen molar-refractivity contribution in [1.82, 2.24) is 35.5 Å². The number of rotatable bonds is 7. The minimum absolute atomic E-state index is 0.235. The summed E-state index contributed by atoms with van der Waals surface area (Å²) in [5.74, 6) is 0.0236. The Hall–Kier alpha value is -3.99. The molecule has 32 heavy (non-hydrogen) atoms. The highest BCUT2D eigenvalue weighted by atomic mass is 32.2. The predicted molar refractivity (Wildman–Crippen MR) is 115 cm³/mol. The van der Waals surface area contributed by atoms with E-state index in [9.17, 15) is 13.2 Å². The lowest BCUT2D eigenvalue weighted by Gasteiger charge is -2.05. The summed E-state index contributed by atoms with van der Waals surface area (Å²) >= 11 is 0. The van der Waals surface area contributed by atoms with Gasteiger partial charge in [0.05, 0.1) is 11.4 Å². The summed E-state index contributed by atoms with van der Waals surface area (Å²) in [6.07, 6.45) is 6.02. The summed E-state index contributed by atoms with van der Waals surface area (Å²) in [6.45, 7) is 0.658. The summed E-state index contributed by atoms with van der Waals surface area (Å²) in [7, 11) is -3.25. The molecule has 0 bridgehead atoms. The highest BCUT2D eigenvalue weighted by molar-refractivity contribution is 7.90. The van der Waals surface area contributed by atoms with Crippen molar-refractivity contribution in [3.63, 3.8) is 0 Å². The molecule has 0 radical (unpaired) electrons. The molecule has 4 rings (SSSR count). The van der Waals surface area contributed by atoms with E-state index in [-0.39, 0.29) is 16.5 Å². The van der Waals surface area contributed by atoms with Crippen LogP contribution < -0.4 is 5.32 Å². The molecule has 0 aliphatic carbocycles. The first-order valence-electron chi connectivity index (χ1n) is 9.59. The second-order valence-corrected chi connectivity index (χ2v) is 9.05. The molecule has 0 atom stereocenters. The van der Waals surface area contributed by atoms with E-state index in [0.29, 0.717) is 24.5 Å². The smallest absolute Gasteiger partial charge is 0.270 e. The maximum Gasteiger partial charge on any atom is 0.270 e. The third kappa shape index (κ3) is 5.19. The van der Waals surface area contributed by atoms with Crippen molar-refractivity contribution in [2.24, 2.45) is 0 Å². The zero-order chi connectivity index (χ0) is 22.6. The largest absolute Gasteiger partial charge is 0.347 e. The van der Waals surface area contributed by atoms with Gasteiger partial charge in [0, 0.05) is 37.0 Å². The number of hydrogen-bond donors (Lipinski definition) is 1. The second-order valence-electron chi connectivity index (χ2n) is 7.03. The molecule has 1 aromatic carbocycles. The fraction of sp³-hybridized carbons (Fsp3) is 0.143. The summed E-state index contributed by atoms with van der Waals surface area (Å²) in [4.78, 5) is 22.2. The van der Waals surface area contributed by atoms with Crippen molar-refractivity contribution < 1.29 is 13.2 Å². The van der Waals surface area contributed by atoms with Crippen molar-refractivity contribution >= 4 is 15.7 Å². The Morgan fingerprint density at radius 3 is 2.59 bits per heavy atom. The molecule has 0 saturated carbocycles. The number of carbonyl (C=O) groups is 1. The van der Waals surface area contributed by atoms with E-state index in [1.165, 1.54) is 11.0 Å². The fourth-order valence-corrected chi connectivity index (χ4v) is 3.53. The zero-order valence-corrected chi connectivity index (χ0v) is 17.9. The highest BCUT2D eigenvalue weighted by Crippen LogP contribution is 2.15. The molecule has 3 heterocycles. The molecule has 10 nitrogen and oxygen atoms in total. The van der Waals surface area contributed by atoms with Gasteiger partial charge in [0.25, 0.3) is 5.91 Å². The van der Waals surface area contributed by atoms with Crippen LogP contribution in [0.5, 0.6) is 0 Å². The molecule has 0 spiro atoms. The van der Waals surface area contributed by atoms with Gasteiger partial charge >= 0.3 is 0 Å². The van der Waals surface area contributed by atoms with Crippen molar-refractivity contribution in [2.45, 2.75) is 18.0 Å². The van der Waals surface area contributed by atoms with Crippen LogP contribution in [0, 0.1) is 0 Å². The summed E-state index contributed by atoms with van der Waals surface area (Å²) in [5.41, 5.74) is 2.54. The SMILES string of the molecule is CS(=O)(=O)c1ccc(Cn2nnc(-c3ccnc(C(=O)NCc4cccnc4)c3)n2)cc1. The molecule has 4 aromatic rings. The normalized spacial score (nSPS) is 11.3. The number of aromatic nitrogens is 6. The van der Waals surface area contributed by atoms with Crippen molar-refractivity contribution in [3.8, 4) is 11.4 Å². The maximum absolute atomic E-state index is 12.4. The quantitative estimate of drug-likeness (QED) is 0.449. The first kappa shape index (κ1) is 21.2. The number of benzene rings is 1. The average molecular weight is 449 g/mol. The fourth-order valence-electron chi connectivity index (χ4n) is 2.90. The van der Waals surface area contributed by atoms with Crippen LogP contribution in [0.4, 0.5) is 0 Å². The Balaban J connectivity index is 1.44. The number of hydrogen-bond acceptors (Lipinski definition) is 8. The topological polar surface area (TPSA) is 133 Å². The number of tetrazole rings is 1. The van der Waals surface area contributed by atoms with E-state index in [0.717, 1.165) is 17.4 Å². The average Bonchev–Trinajstić information content (AvgIpc) is 3.26. The molecule has 0 fully saturated rings. The van der Waals surface area contributed by atoms with E-state index in [1.54, 1.807) is 54.9 Å². The monoisotopic (exact) mass is 449 g/mol. The lowest BCUT2D eigenvalue weighted by Crippen LogP contribution is -2.23. The van der Waals surface area contributed by atoms with Crippen LogP contribution >= 0.6 is 0 Å². The minimum atomic E-state index is -3.25. The lowest BCUT2D eigenvalue weighted by atomic mass is 10.2. The van der Waals surface area contributed by atoms with Crippen LogP contribution in [0.1, 0.15) is 21.6 Å². The van der Waals surface area contributed by atoms with Crippen LogP contribution in [0.25, 0.3) is 11.4 Å². The number of carbonyl (C=O) groups excluding carboxylic acids is 1. The van der Waals surface area contributed by atoms with E-state index >= 15 is 0 Å². The Morgan fingerprint density at radius 1 is 1.06 bits per heavy atom. The molecule has 3 aromatic heterocycles. The number of nitrogens with one attached hydrogen (secondary N) is 1. The molecule has 0 unspecified atom stereocenters. The van der Waals surface area contributed by atoms with Crippen LogP contribution in [0.15, 0.2) is 72.0 Å². The van der Waals surface area contributed by atoms with Gasteiger partial charge < -0.3 is 5.32 Å².